The predicted molar refractivity (Wildman–Crippen MR) is 87.3 cm³/mol. The Morgan fingerprint density at radius 3 is 2.78 bits per heavy atom. The molecule has 1 amide bonds. The summed E-state index contributed by atoms with van der Waals surface area (Å²) in [6.07, 6.45) is 3.72. The van der Waals surface area contributed by atoms with Crippen molar-refractivity contribution in [3.63, 3.8) is 0 Å². The van der Waals surface area contributed by atoms with Gasteiger partial charge in [-0.1, -0.05) is 0 Å². The molecule has 3 heterocycles. The molecule has 0 N–H and O–H groups in total. The maximum Gasteiger partial charge on any atom is 0.231 e. The van der Waals surface area contributed by atoms with Crippen molar-refractivity contribution in [1.29, 1.82) is 0 Å². The van der Waals surface area contributed by atoms with Gasteiger partial charge in [-0.05, 0) is 42.5 Å². The fraction of sp³-hybridized carbons (Fsp3) is 0.556. The molecule has 5 heteroatoms. The molecule has 0 aliphatic carbocycles. The second-order valence-corrected chi connectivity index (χ2v) is 6.48. The first-order chi connectivity index (χ1) is 11.2. The zero-order chi connectivity index (χ0) is 16.0. The minimum atomic E-state index is 0.0293. The van der Waals surface area contributed by atoms with Crippen LogP contribution in [-0.2, 0) is 11.2 Å². The van der Waals surface area contributed by atoms with Crippen LogP contribution in [0.15, 0.2) is 17.1 Å². The van der Waals surface area contributed by atoms with Gasteiger partial charge in [-0.15, -0.1) is 0 Å². The zero-order valence-corrected chi connectivity index (χ0v) is 13.7. The van der Waals surface area contributed by atoms with Crippen molar-refractivity contribution in [1.82, 2.24) is 4.90 Å². The number of ether oxygens (including phenoxy) is 2. The second kappa shape index (κ2) is 5.55. The van der Waals surface area contributed by atoms with Gasteiger partial charge in [-0.3, -0.25) is 9.79 Å². The quantitative estimate of drug-likeness (QED) is 0.842. The Morgan fingerprint density at radius 2 is 2.00 bits per heavy atom. The highest BCUT2D eigenvalue weighted by molar-refractivity contribution is 6.07. The summed E-state index contributed by atoms with van der Waals surface area (Å²) in [4.78, 5) is 19.6. The molecule has 3 aliphatic heterocycles. The first-order valence-electron chi connectivity index (χ1n) is 8.31. The van der Waals surface area contributed by atoms with Crippen LogP contribution >= 0.6 is 0 Å². The minimum Gasteiger partial charge on any atom is -0.493 e. The van der Waals surface area contributed by atoms with Crippen molar-refractivity contribution in [3.05, 3.63) is 23.3 Å². The average Bonchev–Trinajstić information content (AvgIpc) is 2.60. The SMILES string of the molecule is COc1cc2c(cc1OC)[C@H]1CC3=NCCCC3C(=O)N1CC2. The normalized spacial score (nSPS) is 25.9. The molecule has 1 aromatic rings. The molecule has 0 spiro atoms. The molecule has 3 aliphatic rings. The number of rotatable bonds is 2. The van der Waals surface area contributed by atoms with E-state index in [1.165, 1.54) is 11.1 Å². The monoisotopic (exact) mass is 314 g/mol. The number of aliphatic imine (C=N–C) groups is 1. The number of amides is 1. The molecule has 1 unspecified atom stereocenters. The fourth-order valence-electron chi connectivity index (χ4n) is 4.18. The lowest BCUT2D eigenvalue weighted by atomic mass is 9.79. The molecule has 1 aromatic carbocycles. The van der Waals surface area contributed by atoms with Gasteiger partial charge in [0, 0.05) is 25.2 Å². The van der Waals surface area contributed by atoms with Crippen LogP contribution in [0.4, 0.5) is 0 Å². The summed E-state index contributed by atoms with van der Waals surface area (Å²) in [5, 5.41) is 0. The summed E-state index contributed by atoms with van der Waals surface area (Å²) in [7, 11) is 3.31. The number of hydrogen-bond donors (Lipinski definition) is 0. The molecule has 122 valence electrons. The molecule has 1 fully saturated rings. The molecule has 0 bridgehead atoms. The summed E-state index contributed by atoms with van der Waals surface area (Å²) in [5.41, 5.74) is 3.55. The van der Waals surface area contributed by atoms with Crippen LogP contribution < -0.4 is 9.47 Å². The zero-order valence-electron chi connectivity index (χ0n) is 13.7. The van der Waals surface area contributed by atoms with Crippen LogP contribution in [0.1, 0.15) is 36.4 Å². The molecular weight excluding hydrogens is 292 g/mol. The van der Waals surface area contributed by atoms with Gasteiger partial charge in [0.25, 0.3) is 0 Å². The molecule has 2 atom stereocenters. The van der Waals surface area contributed by atoms with E-state index in [-0.39, 0.29) is 17.9 Å². The number of methoxy groups -OCH3 is 2. The van der Waals surface area contributed by atoms with E-state index in [1.54, 1.807) is 14.2 Å². The van der Waals surface area contributed by atoms with Crippen molar-refractivity contribution in [2.45, 2.75) is 31.7 Å². The summed E-state index contributed by atoms with van der Waals surface area (Å²) >= 11 is 0. The number of benzene rings is 1. The van der Waals surface area contributed by atoms with Crippen LogP contribution in [0, 0.1) is 5.92 Å². The first kappa shape index (κ1) is 14.5. The maximum atomic E-state index is 12.9. The number of hydrogen-bond acceptors (Lipinski definition) is 4. The van der Waals surface area contributed by atoms with Gasteiger partial charge in [0.15, 0.2) is 11.5 Å². The van der Waals surface area contributed by atoms with E-state index in [0.29, 0.717) is 0 Å². The fourth-order valence-corrected chi connectivity index (χ4v) is 4.18. The van der Waals surface area contributed by atoms with Crippen molar-refractivity contribution >= 4 is 11.6 Å². The molecule has 5 nitrogen and oxygen atoms in total. The Kier molecular flexibility index (Phi) is 3.51. The molecule has 23 heavy (non-hydrogen) atoms. The number of carbonyl (C=O) groups is 1. The standard InChI is InChI=1S/C18H22N2O3/c1-22-16-8-11-5-7-20-15(13(11)9-17(16)23-2)10-14-12(18(20)21)4-3-6-19-14/h8-9,12,15H,3-7,10H2,1-2H3/t12?,15-/m1/s1. The smallest absolute Gasteiger partial charge is 0.231 e. The van der Waals surface area contributed by atoms with Gasteiger partial charge < -0.3 is 14.4 Å². The Morgan fingerprint density at radius 1 is 1.22 bits per heavy atom. The lowest BCUT2D eigenvalue weighted by molar-refractivity contribution is -0.138. The summed E-state index contributed by atoms with van der Waals surface area (Å²) in [6, 6.07) is 4.20. The third-order valence-electron chi connectivity index (χ3n) is 5.35. The van der Waals surface area contributed by atoms with Crippen molar-refractivity contribution in [2.75, 3.05) is 27.3 Å². The maximum absolute atomic E-state index is 12.9. The summed E-state index contributed by atoms with van der Waals surface area (Å²) in [6.45, 7) is 1.65. The Labute approximate surface area is 136 Å². The second-order valence-electron chi connectivity index (χ2n) is 6.48. The van der Waals surface area contributed by atoms with Gasteiger partial charge in [0.1, 0.15) is 0 Å². The van der Waals surface area contributed by atoms with E-state index in [9.17, 15) is 4.79 Å². The van der Waals surface area contributed by atoms with E-state index < -0.39 is 0 Å². The Hall–Kier alpha value is -2.04. The van der Waals surface area contributed by atoms with Crippen LogP contribution in [0.2, 0.25) is 0 Å². The number of piperidine rings is 1. The molecule has 4 rings (SSSR count). The van der Waals surface area contributed by atoms with Crippen LogP contribution in [0.3, 0.4) is 0 Å². The first-order valence-corrected chi connectivity index (χ1v) is 8.31. The molecule has 0 saturated carbocycles. The molecule has 0 radical (unpaired) electrons. The lowest BCUT2D eigenvalue weighted by Gasteiger charge is -2.45. The highest BCUT2D eigenvalue weighted by Gasteiger charge is 2.43. The van der Waals surface area contributed by atoms with E-state index >= 15 is 0 Å². The van der Waals surface area contributed by atoms with Gasteiger partial charge in [0.05, 0.1) is 26.2 Å². The van der Waals surface area contributed by atoms with Crippen LogP contribution in [0.25, 0.3) is 0 Å². The molecule has 1 saturated heterocycles. The Balaban J connectivity index is 1.77. The number of nitrogens with zero attached hydrogens (tertiary/aromatic N) is 2. The van der Waals surface area contributed by atoms with Gasteiger partial charge in [0.2, 0.25) is 5.91 Å². The third-order valence-corrected chi connectivity index (χ3v) is 5.35. The van der Waals surface area contributed by atoms with Gasteiger partial charge in [-0.25, -0.2) is 0 Å². The molecule has 0 aromatic heterocycles. The summed E-state index contributed by atoms with van der Waals surface area (Å²) < 4.78 is 10.9. The van der Waals surface area contributed by atoms with Gasteiger partial charge >= 0.3 is 0 Å². The minimum absolute atomic E-state index is 0.0293. The van der Waals surface area contributed by atoms with E-state index in [1.807, 2.05) is 6.07 Å². The van der Waals surface area contributed by atoms with Crippen molar-refractivity contribution in [3.8, 4) is 11.5 Å². The van der Waals surface area contributed by atoms with Crippen LogP contribution in [-0.4, -0.2) is 43.8 Å². The summed E-state index contributed by atoms with van der Waals surface area (Å²) in [5.74, 6) is 1.78. The highest BCUT2D eigenvalue weighted by atomic mass is 16.5. The number of fused-ring (bicyclic) bond motifs is 4. The van der Waals surface area contributed by atoms with E-state index in [0.717, 1.165) is 56.0 Å². The Bertz CT molecular complexity index is 683. The number of carbonyl (C=O) groups excluding carboxylic acids is 1. The highest BCUT2D eigenvalue weighted by Crippen LogP contribution is 2.43. The lowest BCUT2D eigenvalue weighted by Crippen LogP contribution is -2.51. The van der Waals surface area contributed by atoms with Crippen LogP contribution in [0.5, 0.6) is 11.5 Å². The topological polar surface area (TPSA) is 51.1 Å². The average molecular weight is 314 g/mol. The van der Waals surface area contributed by atoms with Crippen molar-refractivity contribution < 1.29 is 14.3 Å². The predicted octanol–water partition coefficient (Wildman–Crippen LogP) is 2.38. The molecular formula is C18H22N2O3. The van der Waals surface area contributed by atoms with Gasteiger partial charge in [-0.2, -0.15) is 0 Å². The van der Waals surface area contributed by atoms with E-state index in [4.69, 9.17) is 9.47 Å². The van der Waals surface area contributed by atoms with Crippen molar-refractivity contribution in [2.24, 2.45) is 10.9 Å². The third kappa shape index (κ3) is 2.21. The largest absolute Gasteiger partial charge is 0.493 e. The van der Waals surface area contributed by atoms with E-state index in [2.05, 4.69) is 16.0 Å².